The van der Waals surface area contributed by atoms with E-state index in [9.17, 15) is 9.90 Å². The van der Waals surface area contributed by atoms with Gasteiger partial charge in [-0.15, -0.1) is 0 Å². The molecule has 0 aliphatic rings. The molecule has 0 atom stereocenters. The van der Waals surface area contributed by atoms with Gasteiger partial charge in [0, 0.05) is 18.8 Å². The smallest absolute Gasteiger partial charge is 0.262 e. The summed E-state index contributed by atoms with van der Waals surface area (Å²) in [5, 5.41) is 9.80. The number of rotatable bonds is 1. The van der Waals surface area contributed by atoms with Crippen LogP contribution in [0, 0.1) is 0 Å². The standard InChI is InChI=1S/C13H12N4O2/c1-17-6-9(7-2-4-8(18)5-3-7)10-11(17)15-13(14)16-12(10)19/h2-6,18H,1H3,(H3,14,15,16,19). The summed E-state index contributed by atoms with van der Waals surface area (Å²) in [6.45, 7) is 0. The number of aryl methyl sites for hydroxylation is 1. The Morgan fingerprint density at radius 1 is 1.32 bits per heavy atom. The molecule has 0 aliphatic heterocycles. The molecule has 0 fully saturated rings. The molecule has 2 aromatic heterocycles. The monoisotopic (exact) mass is 256 g/mol. The molecule has 3 aromatic rings. The third kappa shape index (κ3) is 1.74. The number of hydrogen-bond donors (Lipinski definition) is 3. The van der Waals surface area contributed by atoms with Crippen LogP contribution in [0.2, 0.25) is 0 Å². The predicted octanol–water partition coefficient (Wildman–Crippen LogP) is 1.22. The van der Waals surface area contributed by atoms with E-state index in [4.69, 9.17) is 5.73 Å². The van der Waals surface area contributed by atoms with E-state index in [0.717, 1.165) is 11.1 Å². The summed E-state index contributed by atoms with van der Waals surface area (Å²) in [6.07, 6.45) is 1.82. The van der Waals surface area contributed by atoms with Gasteiger partial charge in [-0.2, -0.15) is 4.98 Å². The minimum atomic E-state index is -0.272. The molecule has 0 bridgehead atoms. The normalized spacial score (nSPS) is 11.0. The summed E-state index contributed by atoms with van der Waals surface area (Å²) in [5.41, 5.74) is 7.40. The van der Waals surface area contributed by atoms with Crippen LogP contribution in [0.1, 0.15) is 0 Å². The summed E-state index contributed by atoms with van der Waals surface area (Å²) < 4.78 is 1.75. The third-order valence-corrected chi connectivity index (χ3v) is 3.02. The molecule has 0 spiro atoms. The lowest BCUT2D eigenvalue weighted by Gasteiger charge is -1.99. The van der Waals surface area contributed by atoms with Crippen molar-refractivity contribution in [3.8, 4) is 16.9 Å². The molecule has 0 radical (unpaired) electrons. The van der Waals surface area contributed by atoms with Crippen molar-refractivity contribution < 1.29 is 5.11 Å². The van der Waals surface area contributed by atoms with Crippen LogP contribution < -0.4 is 11.3 Å². The van der Waals surface area contributed by atoms with Crippen molar-refractivity contribution in [2.75, 3.05) is 5.73 Å². The van der Waals surface area contributed by atoms with Gasteiger partial charge in [0.1, 0.15) is 11.4 Å². The average molecular weight is 256 g/mol. The highest BCUT2D eigenvalue weighted by Crippen LogP contribution is 2.28. The molecule has 1 aromatic carbocycles. The van der Waals surface area contributed by atoms with E-state index in [-0.39, 0.29) is 17.3 Å². The number of nitrogens with one attached hydrogen (secondary N) is 1. The fourth-order valence-electron chi connectivity index (χ4n) is 2.16. The molecule has 6 nitrogen and oxygen atoms in total. The second-order valence-corrected chi connectivity index (χ2v) is 4.35. The van der Waals surface area contributed by atoms with E-state index in [0.29, 0.717) is 11.0 Å². The molecule has 6 heteroatoms. The molecule has 0 unspecified atom stereocenters. The highest BCUT2D eigenvalue weighted by molar-refractivity contribution is 5.93. The summed E-state index contributed by atoms with van der Waals surface area (Å²) in [5.74, 6) is 0.274. The SMILES string of the molecule is Cn1cc(-c2ccc(O)cc2)c2c(=O)[nH]c(N)nc21. The zero-order chi connectivity index (χ0) is 13.6. The first-order valence-electron chi connectivity index (χ1n) is 5.70. The van der Waals surface area contributed by atoms with Crippen molar-refractivity contribution in [2.24, 2.45) is 7.05 Å². The maximum absolute atomic E-state index is 12.0. The largest absolute Gasteiger partial charge is 0.508 e. The molecular formula is C13H12N4O2. The second kappa shape index (κ2) is 3.88. The minimum absolute atomic E-state index is 0.0935. The lowest BCUT2D eigenvalue weighted by atomic mass is 10.1. The van der Waals surface area contributed by atoms with Crippen molar-refractivity contribution in [1.29, 1.82) is 0 Å². The molecule has 4 N–H and O–H groups in total. The van der Waals surface area contributed by atoms with Crippen LogP contribution in [0.15, 0.2) is 35.3 Å². The van der Waals surface area contributed by atoms with Crippen molar-refractivity contribution in [3.05, 3.63) is 40.8 Å². The lowest BCUT2D eigenvalue weighted by molar-refractivity contribution is 0.475. The Hall–Kier alpha value is -2.76. The van der Waals surface area contributed by atoms with Gasteiger partial charge in [0.05, 0.1) is 5.39 Å². The van der Waals surface area contributed by atoms with Crippen molar-refractivity contribution >= 4 is 17.0 Å². The number of aromatic hydroxyl groups is 1. The van der Waals surface area contributed by atoms with Gasteiger partial charge in [-0.3, -0.25) is 9.78 Å². The molecule has 96 valence electrons. The van der Waals surface area contributed by atoms with Gasteiger partial charge in [0.25, 0.3) is 5.56 Å². The van der Waals surface area contributed by atoms with Crippen LogP contribution in [0.5, 0.6) is 5.75 Å². The number of nitrogen functional groups attached to an aromatic ring is 1. The summed E-state index contributed by atoms with van der Waals surface area (Å²) >= 11 is 0. The zero-order valence-corrected chi connectivity index (χ0v) is 10.2. The average Bonchev–Trinajstić information content (AvgIpc) is 2.68. The third-order valence-electron chi connectivity index (χ3n) is 3.02. The summed E-state index contributed by atoms with van der Waals surface area (Å²) in [7, 11) is 1.80. The van der Waals surface area contributed by atoms with Crippen molar-refractivity contribution in [3.63, 3.8) is 0 Å². The van der Waals surface area contributed by atoms with Crippen LogP contribution in [-0.4, -0.2) is 19.6 Å². The van der Waals surface area contributed by atoms with Crippen LogP contribution in [0.25, 0.3) is 22.2 Å². The second-order valence-electron chi connectivity index (χ2n) is 4.35. The van der Waals surface area contributed by atoms with Gasteiger partial charge in [-0.05, 0) is 17.7 Å². The van der Waals surface area contributed by atoms with Gasteiger partial charge < -0.3 is 15.4 Å². The number of aromatic nitrogens is 3. The number of phenolic OH excluding ortho intramolecular Hbond substituents is 1. The first kappa shape index (κ1) is 11.3. The number of H-pyrrole nitrogens is 1. The predicted molar refractivity (Wildman–Crippen MR) is 72.8 cm³/mol. The van der Waals surface area contributed by atoms with Gasteiger partial charge in [-0.1, -0.05) is 12.1 Å². The van der Waals surface area contributed by atoms with E-state index in [1.165, 1.54) is 0 Å². The number of nitrogens with zero attached hydrogens (tertiary/aromatic N) is 2. The molecule has 0 amide bonds. The topological polar surface area (TPSA) is 96.9 Å². The van der Waals surface area contributed by atoms with Crippen LogP contribution in [0.4, 0.5) is 5.95 Å². The Morgan fingerprint density at radius 2 is 2.00 bits per heavy atom. The van der Waals surface area contributed by atoms with E-state index in [1.54, 1.807) is 35.9 Å². The molecular weight excluding hydrogens is 244 g/mol. The molecule has 19 heavy (non-hydrogen) atoms. The van der Waals surface area contributed by atoms with Gasteiger partial charge in [0.15, 0.2) is 0 Å². The Balaban J connectivity index is 2.36. The first-order valence-corrected chi connectivity index (χ1v) is 5.70. The number of nitrogens with two attached hydrogens (primary N) is 1. The Kier molecular flexibility index (Phi) is 2.31. The number of fused-ring (bicyclic) bond motifs is 1. The molecule has 0 saturated heterocycles. The van der Waals surface area contributed by atoms with E-state index in [2.05, 4.69) is 9.97 Å². The van der Waals surface area contributed by atoms with Crippen LogP contribution in [-0.2, 0) is 7.05 Å². The van der Waals surface area contributed by atoms with Gasteiger partial charge >= 0.3 is 0 Å². The zero-order valence-electron chi connectivity index (χ0n) is 10.2. The highest BCUT2D eigenvalue weighted by Gasteiger charge is 2.14. The number of aromatic amines is 1. The molecule has 3 rings (SSSR count). The van der Waals surface area contributed by atoms with E-state index < -0.39 is 0 Å². The number of phenols is 1. The fourth-order valence-corrected chi connectivity index (χ4v) is 2.16. The molecule has 2 heterocycles. The first-order chi connectivity index (χ1) is 9.06. The van der Waals surface area contributed by atoms with Gasteiger partial charge in [-0.25, -0.2) is 0 Å². The maximum Gasteiger partial charge on any atom is 0.262 e. The fraction of sp³-hybridized carbons (Fsp3) is 0.0769. The maximum atomic E-state index is 12.0. The molecule has 0 aliphatic carbocycles. The number of anilines is 1. The van der Waals surface area contributed by atoms with Crippen LogP contribution in [0.3, 0.4) is 0 Å². The lowest BCUT2D eigenvalue weighted by Crippen LogP contribution is -2.11. The molecule has 0 saturated carbocycles. The summed E-state index contributed by atoms with van der Waals surface area (Å²) in [4.78, 5) is 18.7. The summed E-state index contributed by atoms with van der Waals surface area (Å²) in [6, 6.07) is 6.65. The van der Waals surface area contributed by atoms with Gasteiger partial charge in [0.2, 0.25) is 5.95 Å². The van der Waals surface area contributed by atoms with Crippen LogP contribution >= 0.6 is 0 Å². The van der Waals surface area contributed by atoms with Crippen molar-refractivity contribution in [1.82, 2.24) is 14.5 Å². The Morgan fingerprint density at radius 3 is 2.68 bits per heavy atom. The number of benzene rings is 1. The highest BCUT2D eigenvalue weighted by atomic mass is 16.3. The van der Waals surface area contributed by atoms with Crippen molar-refractivity contribution in [2.45, 2.75) is 0 Å². The Labute approximate surface area is 108 Å². The number of hydrogen-bond acceptors (Lipinski definition) is 4. The quantitative estimate of drug-likeness (QED) is 0.609. The Bertz CT molecular complexity index is 815. The van der Waals surface area contributed by atoms with E-state index in [1.807, 2.05) is 6.20 Å². The minimum Gasteiger partial charge on any atom is -0.508 e. The van der Waals surface area contributed by atoms with E-state index >= 15 is 0 Å².